The predicted molar refractivity (Wildman–Crippen MR) is 43.1 cm³/mol. The summed E-state index contributed by atoms with van der Waals surface area (Å²) in [6, 6.07) is 1.76. The van der Waals surface area contributed by atoms with Gasteiger partial charge in [0.2, 0.25) is 0 Å². The van der Waals surface area contributed by atoms with Crippen LogP contribution in [0.15, 0.2) is 12.1 Å². The third-order valence-electron chi connectivity index (χ3n) is 1.22. The molecule has 0 spiro atoms. The largest absolute Gasteiger partial charge is 0.573 e. The molecular formula is C7H2Cl2F4O. The van der Waals surface area contributed by atoms with E-state index in [1.165, 1.54) is 0 Å². The second-order valence-corrected chi connectivity index (χ2v) is 3.01. The molecule has 78 valence electrons. The van der Waals surface area contributed by atoms with E-state index in [0.717, 1.165) is 12.1 Å². The zero-order valence-corrected chi connectivity index (χ0v) is 7.84. The zero-order valence-electron chi connectivity index (χ0n) is 6.33. The van der Waals surface area contributed by atoms with Crippen LogP contribution >= 0.6 is 23.2 Å². The van der Waals surface area contributed by atoms with Crippen LogP contribution in [0.4, 0.5) is 17.6 Å². The van der Waals surface area contributed by atoms with Crippen LogP contribution in [-0.4, -0.2) is 6.36 Å². The highest BCUT2D eigenvalue weighted by molar-refractivity contribution is 6.42. The maximum absolute atomic E-state index is 12.8. The third-order valence-corrected chi connectivity index (χ3v) is 2.01. The Morgan fingerprint density at radius 2 is 1.71 bits per heavy atom. The van der Waals surface area contributed by atoms with Crippen molar-refractivity contribution in [2.75, 3.05) is 0 Å². The lowest BCUT2D eigenvalue weighted by molar-refractivity contribution is -0.275. The highest BCUT2D eigenvalue weighted by Gasteiger charge is 2.33. The average Bonchev–Trinajstić information content (AvgIpc) is 2.04. The molecule has 0 aliphatic heterocycles. The molecule has 1 aromatic rings. The van der Waals surface area contributed by atoms with Gasteiger partial charge in [-0.25, -0.2) is 4.39 Å². The van der Waals surface area contributed by atoms with Crippen LogP contribution in [0.3, 0.4) is 0 Å². The highest BCUT2D eigenvalue weighted by Crippen LogP contribution is 2.37. The summed E-state index contributed by atoms with van der Waals surface area (Å²) in [7, 11) is 0. The van der Waals surface area contributed by atoms with Crippen molar-refractivity contribution in [1.29, 1.82) is 0 Å². The predicted octanol–water partition coefficient (Wildman–Crippen LogP) is 4.03. The molecule has 0 heterocycles. The van der Waals surface area contributed by atoms with Gasteiger partial charge in [-0.2, -0.15) is 0 Å². The molecule has 1 aromatic carbocycles. The van der Waals surface area contributed by atoms with E-state index < -0.39 is 23.0 Å². The van der Waals surface area contributed by atoms with E-state index in [0.29, 0.717) is 0 Å². The van der Waals surface area contributed by atoms with Gasteiger partial charge in [-0.15, -0.1) is 13.2 Å². The molecule has 0 aromatic heterocycles. The Morgan fingerprint density at radius 3 is 2.21 bits per heavy atom. The first-order chi connectivity index (χ1) is 6.31. The molecule has 14 heavy (non-hydrogen) atoms. The summed E-state index contributed by atoms with van der Waals surface area (Å²) in [6.07, 6.45) is -5.00. The van der Waals surface area contributed by atoms with Crippen LogP contribution in [0.2, 0.25) is 10.0 Å². The average molecular weight is 249 g/mol. The smallest absolute Gasteiger partial charge is 0.401 e. The third kappa shape index (κ3) is 2.65. The fourth-order valence-electron chi connectivity index (χ4n) is 0.718. The van der Waals surface area contributed by atoms with Crippen LogP contribution in [0.25, 0.3) is 0 Å². The van der Waals surface area contributed by atoms with Crippen LogP contribution in [0, 0.1) is 5.82 Å². The van der Waals surface area contributed by atoms with Crippen molar-refractivity contribution in [1.82, 2.24) is 0 Å². The summed E-state index contributed by atoms with van der Waals surface area (Å²) in [5.74, 6) is -2.34. The number of benzene rings is 1. The van der Waals surface area contributed by atoms with Crippen LogP contribution in [0.1, 0.15) is 0 Å². The van der Waals surface area contributed by atoms with E-state index in [4.69, 9.17) is 23.2 Å². The van der Waals surface area contributed by atoms with Crippen molar-refractivity contribution in [3.63, 3.8) is 0 Å². The van der Waals surface area contributed by atoms with Gasteiger partial charge in [-0.1, -0.05) is 23.2 Å². The molecule has 7 heteroatoms. The Morgan fingerprint density at radius 1 is 1.14 bits per heavy atom. The second kappa shape index (κ2) is 3.82. The Labute approximate surface area is 86.2 Å². The second-order valence-electron chi connectivity index (χ2n) is 2.22. The lowest BCUT2D eigenvalue weighted by Gasteiger charge is -2.11. The van der Waals surface area contributed by atoms with Crippen molar-refractivity contribution >= 4 is 23.2 Å². The van der Waals surface area contributed by atoms with E-state index in [2.05, 4.69) is 4.74 Å². The zero-order chi connectivity index (χ0) is 10.9. The molecule has 0 amide bonds. The van der Waals surface area contributed by atoms with Crippen molar-refractivity contribution in [2.45, 2.75) is 6.36 Å². The van der Waals surface area contributed by atoms with Crippen molar-refractivity contribution in [3.05, 3.63) is 28.0 Å². The fraction of sp³-hybridized carbons (Fsp3) is 0.143. The van der Waals surface area contributed by atoms with Gasteiger partial charge in [0.25, 0.3) is 0 Å². The first-order valence-electron chi connectivity index (χ1n) is 3.20. The minimum atomic E-state index is -5.00. The van der Waals surface area contributed by atoms with Gasteiger partial charge in [0.05, 0.1) is 5.02 Å². The van der Waals surface area contributed by atoms with Gasteiger partial charge in [0.1, 0.15) is 5.02 Å². The van der Waals surface area contributed by atoms with Gasteiger partial charge in [0.15, 0.2) is 11.6 Å². The molecule has 0 aliphatic rings. The maximum Gasteiger partial charge on any atom is 0.573 e. The van der Waals surface area contributed by atoms with Crippen molar-refractivity contribution in [3.8, 4) is 5.75 Å². The van der Waals surface area contributed by atoms with Crippen molar-refractivity contribution in [2.24, 2.45) is 0 Å². The summed E-state index contributed by atoms with van der Waals surface area (Å²) in [5, 5.41) is -0.823. The van der Waals surface area contributed by atoms with E-state index in [1.807, 2.05) is 0 Å². The summed E-state index contributed by atoms with van der Waals surface area (Å²) in [5.41, 5.74) is 0. The number of rotatable bonds is 1. The van der Waals surface area contributed by atoms with E-state index in [9.17, 15) is 17.6 Å². The molecule has 0 N–H and O–H groups in total. The number of halogens is 6. The summed E-state index contributed by atoms with van der Waals surface area (Å²) < 4.78 is 51.4. The molecule has 0 aliphatic carbocycles. The van der Waals surface area contributed by atoms with Crippen LogP contribution in [0.5, 0.6) is 5.75 Å². The molecule has 1 nitrogen and oxygen atoms in total. The highest BCUT2D eigenvalue weighted by atomic mass is 35.5. The van der Waals surface area contributed by atoms with Gasteiger partial charge in [0, 0.05) is 0 Å². The Bertz CT molecular complexity index is 350. The topological polar surface area (TPSA) is 9.23 Å². The summed E-state index contributed by atoms with van der Waals surface area (Å²) in [6.45, 7) is 0. The van der Waals surface area contributed by atoms with Gasteiger partial charge in [-0.05, 0) is 12.1 Å². The first kappa shape index (κ1) is 11.4. The minimum Gasteiger partial charge on any atom is -0.401 e. The Balaban J connectivity index is 3.13. The molecule has 0 atom stereocenters. The van der Waals surface area contributed by atoms with Gasteiger partial charge < -0.3 is 4.74 Å². The van der Waals surface area contributed by atoms with E-state index in [-0.39, 0.29) is 5.02 Å². The molecule has 0 bridgehead atoms. The fourth-order valence-corrected chi connectivity index (χ4v) is 1.06. The number of alkyl halides is 3. The first-order valence-corrected chi connectivity index (χ1v) is 3.96. The lowest BCUT2D eigenvalue weighted by atomic mass is 10.3. The van der Waals surface area contributed by atoms with Gasteiger partial charge in [-0.3, -0.25) is 0 Å². The minimum absolute atomic E-state index is 0.215. The van der Waals surface area contributed by atoms with Crippen molar-refractivity contribution < 1.29 is 22.3 Å². The molecule has 0 saturated carbocycles. The molecule has 0 fully saturated rings. The van der Waals surface area contributed by atoms with Gasteiger partial charge >= 0.3 is 6.36 Å². The number of hydrogen-bond acceptors (Lipinski definition) is 1. The Hall–Kier alpha value is -0.680. The Kier molecular flexibility index (Phi) is 3.11. The number of hydrogen-bond donors (Lipinski definition) is 0. The monoisotopic (exact) mass is 248 g/mol. The number of ether oxygens (including phenoxy) is 1. The normalized spacial score (nSPS) is 11.6. The van der Waals surface area contributed by atoms with E-state index in [1.54, 1.807) is 0 Å². The lowest BCUT2D eigenvalue weighted by Crippen LogP contribution is -2.18. The molecule has 1 rings (SSSR count). The van der Waals surface area contributed by atoms with Crippen LogP contribution in [-0.2, 0) is 0 Å². The molecule has 0 unspecified atom stereocenters. The van der Waals surface area contributed by atoms with Crippen LogP contribution < -0.4 is 4.74 Å². The standard InChI is InChI=1S/C7H2Cl2F4O/c8-3-1-2-4(10)6(5(3)9)14-7(11,12)13/h1-2H. The summed E-state index contributed by atoms with van der Waals surface area (Å²) in [4.78, 5) is 0. The quantitative estimate of drug-likeness (QED) is 0.539. The van der Waals surface area contributed by atoms with E-state index >= 15 is 0 Å². The molecular weight excluding hydrogens is 247 g/mol. The summed E-state index contributed by atoms with van der Waals surface area (Å²) >= 11 is 10.7. The SMILES string of the molecule is Fc1ccc(Cl)c(Cl)c1OC(F)(F)F. The molecule has 0 radical (unpaired) electrons. The molecule has 0 saturated heterocycles. The maximum atomic E-state index is 12.8.